The summed E-state index contributed by atoms with van der Waals surface area (Å²) >= 11 is 3.74. The van der Waals surface area contributed by atoms with Crippen molar-refractivity contribution in [2.24, 2.45) is 0 Å². The highest BCUT2D eigenvalue weighted by Gasteiger charge is 2.42. The van der Waals surface area contributed by atoms with Crippen LogP contribution >= 0.6 is 15.9 Å². The zero-order valence-electron chi connectivity index (χ0n) is 18.2. The van der Waals surface area contributed by atoms with E-state index in [-0.39, 0.29) is 18.7 Å². The molecule has 1 fully saturated rings. The fraction of sp³-hybridized carbons (Fsp3) is 0.609. The number of piperidine rings is 1. The molecule has 1 aliphatic heterocycles. The number of aliphatic hydroxyl groups is 1. The molecule has 1 aromatic heterocycles. The summed E-state index contributed by atoms with van der Waals surface area (Å²) < 4.78 is 1.06. The van der Waals surface area contributed by atoms with Crippen LogP contribution < -0.4 is 5.32 Å². The Morgan fingerprint density at radius 3 is 2.77 bits per heavy atom. The van der Waals surface area contributed by atoms with Crippen molar-refractivity contribution in [3.8, 4) is 0 Å². The largest absolute Gasteiger partial charge is 0.392 e. The fourth-order valence-corrected chi connectivity index (χ4v) is 6.07. The number of carbonyl (C=O) groups is 1. The van der Waals surface area contributed by atoms with Crippen LogP contribution in [-0.2, 0) is 13.0 Å². The normalized spacial score (nSPS) is 23.4. The average molecular weight is 477 g/mol. The number of rotatable bonds is 6. The summed E-state index contributed by atoms with van der Waals surface area (Å²) in [5.74, 6) is 0.344. The Morgan fingerprint density at radius 1 is 1.33 bits per heavy atom. The Morgan fingerprint density at radius 2 is 2.10 bits per heavy atom. The van der Waals surface area contributed by atoms with E-state index in [9.17, 15) is 9.90 Å². The topological polar surface area (TPSA) is 71.6 Å². The van der Waals surface area contributed by atoms with E-state index in [2.05, 4.69) is 50.2 Å². The lowest BCUT2D eigenvalue weighted by Crippen LogP contribution is -2.57. The van der Waals surface area contributed by atoms with Crippen molar-refractivity contribution in [3.63, 3.8) is 0 Å². The molecule has 1 saturated heterocycles. The van der Waals surface area contributed by atoms with Crippen molar-refractivity contribution in [2.45, 2.75) is 64.6 Å². The third kappa shape index (κ3) is 3.76. The molecule has 30 heavy (non-hydrogen) atoms. The van der Waals surface area contributed by atoms with Crippen LogP contribution in [0.4, 0.5) is 4.79 Å². The summed E-state index contributed by atoms with van der Waals surface area (Å²) in [7, 11) is 0. The molecule has 4 rings (SSSR count). The molecule has 3 atom stereocenters. The van der Waals surface area contributed by atoms with E-state index in [4.69, 9.17) is 0 Å². The van der Waals surface area contributed by atoms with Crippen molar-refractivity contribution in [2.75, 3.05) is 26.2 Å². The van der Waals surface area contributed by atoms with Gasteiger partial charge in [0, 0.05) is 48.5 Å². The number of nitrogens with zero attached hydrogens (tertiary/aromatic N) is 2. The van der Waals surface area contributed by atoms with Crippen LogP contribution in [0.25, 0.3) is 10.9 Å². The van der Waals surface area contributed by atoms with Crippen molar-refractivity contribution in [1.29, 1.82) is 0 Å². The molecule has 7 heteroatoms. The number of urea groups is 1. The Bertz CT molecular complexity index is 924. The number of benzene rings is 1. The number of nitrogens with one attached hydrogen (secondary N) is 2. The number of aliphatic hydroxyl groups excluding tert-OH is 1. The van der Waals surface area contributed by atoms with E-state index in [0.717, 1.165) is 61.1 Å². The number of fused-ring (bicyclic) bond motifs is 2. The summed E-state index contributed by atoms with van der Waals surface area (Å²) in [6, 6.07) is 4.82. The number of hydrogen-bond donors (Lipinski definition) is 3. The van der Waals surface area contributed by atoms with E-state index in [0.29, 0.717) is 12.0 Å². The monoisotopic (exact) mass is 476 g/mol. The third-order valence-electron chi connectivity index (χ3n) is 6.85. The lowest BCUT2D eigenvalue weighted by atomic mass is 9.73. The second kappa shape index (κ2) is 8.89. The van der Waals surface area contributed by atoms with Gasteiger partial charge in [0.2, 0.25) is 0 Å². The first-order valence-electron chi connectivity index (χ1n) is 11.2. The van der Waals surface area contributed by atoms with Crippen molar-refractivity contribution >= 4 is 32.9 Å². The molecular weight excluding hydrogens is 444 g/mol. The molecule has 1 unspecified atom stereocenters. The predicted molar refractivity (Wildman–Crippen MR) is 124 cm³/mol. The van der Waals surface area contributed by atoms with E-state index in [1.807, 2.05) is 18.7 Å². The van der Waals surface area contributed by atoms with Gasteiger partial charge in [0.25, 0.3) is 0 Å². The van der Waals surface area contributed by atoms with Crippen molar-refractivity contribution in [1.82, 2.24) is 20.1 Å². The molecule has 2 aromatic rings. The smallest absolute Gasteiger partial charge is 0.317 e. The Labute approximate surface area is 187 Å². The van der Waals surface area contributed by atoms with Gasteiger partial charge in [-0.25, -0.2) is 4.79 Å². The predicted octanol–water partition coefficient (Wildman–Crippen LogP) is 3.97. The number of amides is 2. The maximum atomic E-state index is 12.7. The Hall–Kier alpha value is -1.57. The molecular formula is C23H33BrN4O2. The number of aromatic amines is 1. The van der Waals surface area contributed by atoms with Gasteiger partial charge in [0.05, 0.1) is 11.2 Å². The van der Waals surface area contributed by atoms with Crippen molar-refractivity contribution < 1.29 is 9.90 Å². The van der Waals surface area contributed by atoms with E-state index in [1.165, 1.54) is 16.5 Å². The molecule has 1 aromatic carbocycles. The Kier molecular flexibility index (Phi) is 6.42. The first-order chi connectivity index (χ1) is 14.5. The van der Waals surface area contributed by atoms with Gasteiger partial charge < -0.3 is 20.3 Å². The number of aromatic nitrogens is 1. The summed E-state index contributed by atoms with van der Waals surface area (Å²) in [5.41, 5.74) is 4.69. The number of carbonyl (C=O) groups excluding carboxylic acids is 1. The highest BCUT2D eigenvalue weighted by Crippen LogP contribution is 2.46. The summed E-state index contributed by atoms with van der Waals surface area (Å²) in [5, 5.41) is 14.4. The van der Waals surface area contributed by atoms with Crippen molar-refractivity contribution in [3.05, 3.63) is 33.4 Å². The minimum Gasteiger partial charge on any atom is -0.392 e. The minimum atomic E-state index is 0.0348. The number of H-pyrrole nitrogens is 1. The second-order valence-electron chi connectivity index (χ2n) is 8.61. The molecule has 3 N–H and O–H groups in total. The maximum absolute atomic E-state index is 12.7. The van der Waals surface area contributed by atoms with Gasteiger partial charge in [-0.2, -0.15) is 0 Å². The van der Waals surface area contributed by atoms with Crippen LogP contribution in [0.3, 0.4) is 0 Å². The Balaban J connectivity index is 1.71. The molecule has 0 spiro atoms. The zero-order valence-corrected chi connectivity index (χ0v) is 19.8. The summed E-state index contributed by atoms with van der Waals surface area (Å²) in [6.07, 6.45) is 3.03. The van der Waals surface area contributed by atoms with Gasteiger partial charge in [-0.15, -0.1) is 0 Å². The standard InChI is InChI=1S/C23H33BrN4O2/c1-4-7-28-12-15(25-23(30)27(5-2)6-3)10-16-17-8-14(13-29)9-19-21(17)18(11-20(16)28)22(24)26-19/h8-9,15-16,20,26,29H,4-7,10-13H2,1-3H3,(H,25,30)/t15-,16?,20+/m0/s1. The molecule has 2 aliphatic rings. The molecule has 2 heterocycles. The van der Waals surface area contributed by atoms with E-state index in [1.54, 1.807) is 0 Å². The molecule has 1 aliphatic carbocycles. The molecule has 0 saturated carbocycles. The molecule has 164 valence electrons. The van der Waals surface area contributed by atoms with Crippen LogP contribution in [0.2, 0.25) is 0 Å². The quantitative estimate of drug-likeness (QED) is 0.590. The maximum Gasteiger partial charge on any atom is 0.317 e. The van der Waals surface area contributed by atoms with Gasteiger partial charge >= 0.3 is 6.03 Å². The molecule has 2 amide bonds. The third-order valence-corrected chi connectivity index (χ3v) is 7.53. The fourth-order valence-electron chi connectivity index (χ4n) is 5.49. The number of hydrogen-bond acceptors (Lipinski definition) is 3. The van der Waals surface area contributed by atoms with Gasteiger partial charge in [-0.1, -0.05) is 13.0 Å². The lowest BCUT2D eigenvalue weighted by Gasteiger charge is -2.47. The van der Waals surface area contributed by atoms with Crippen LogP contribution in [-0.4, -0.2) is 64.2 Å². The SMILES string of the molecule is CCCN1C[C@@H](NC(=O)N(CC)CC)CC2c3cc(CO)cc4[nH]c(Br)c(c34)C[C@H]21. The summed E-state index contributed by atoms with van der Waals surface area (Å²) in [4.78, 5) is 20.6. The average Bonchev–Trinajstić information content (AvgIpc) is 3.05. The highest BCUT2D eigenvalue weighted by atomic mass is 79.9. The van der Waals surface area contributed by atoms with E-state index < -0.39 is 0 Å². The minimum absolute atomic E-state index is 0.0348. The second-order valence-corrected chi connectivity index (χ2v) is 9.40. The molecule has 0 bridgehead atoms. The lowest BCUT2D eigenvalue weighted by molar-refractivity contribution is 0.0978. The van der Waals surface area contributed by atoms with Gasteiger partial charge in [-0.05, 0) is 78.3 Å². The highest BCUT2D eigenvalue weighted by molar-refractivity contribution is 9.10. The molecule has 6 nitrogen and oxygen atoms in total. The molecule has 0 radical (unpaired) electrons. The zero-order chi connectivity index (χ0) is 21.4. The van der Waals surface area contributed by atoms with Crippen LogP contribution in [0, 0.1) is 0 Å². The van der Waals surface area contributed by atoms with E-state index >= 15 is 0 Å². The van der Waals surface area contributed by atoms with Crippen LogP contribution in [0.5, 0.6) is 0 Å². The number of halogens is 1. The van der Waals surface area contributed by atoms with Gasteiger partial charge in [0.1, 0.15) is 0 Å². The first kappa shape index (κ1) is 21.7. The summed E-state index contributed by atoms with van der Waals surface area (Å²) in [6.45, 7) is 9.66. The van der Waals surface area contributed by atoms with Gasteiger partial charge in [0.15, 0.2) is 0 Å². The first-order valence-corrected chi connectivity index (χ1v) is 12.0. The van der Waals surface area contributed by atoms with Gasteiger partial charge in [-0.3, -0.25) is 4.90 Å². The van der Waals surface area contributed by atoms with Crippen LogP contribution in [0.15, 0.2) is 16.7 Å². The van der Waals surface area contributed by atoms with Crippen LogP contribution in [0.1, 0.15) is 56.2 Å². The number of likely N-dealkylation sites (tertiary alicyclic amines) is 1.